The molecule has 0 bridgehead atoms. The Morgan fingerprint density at radius 2 is 1.58 bits per heavy atom. The largest absolute Gasteiger partial charge is 0.544 e. The third-order valence-electron chi connectivity index (χ3n) is 0.964. The number of carbonyl (C=O) groups is 2. The first-order valence-corrected chi connectivity index (χ1v) is 2.72. The second-order valence-electron chi connectivity index (χ2n) is 1.84. The molecule has 4 nitrogen and oxygen atoms in total. The summed E-state index contributed by atoms with van der Waals surface area (Å²) in [6.45, 7) is 0. The summed E-state index contributed by atoms with van der Waals surface area (Å²) in [5, 5.41) is -0.361. The van der Waals surface area contributed by atoms with Gasteiger partial charge in [-0.2, -0.15) is 4.84 Å². The van der Waals surface area contributed by atoms with Crippen molar-refractivity contribution in [2.24, 2.45) is 0 Å². The maximum atomic E-state index is 11.5. The summed E-state index contributed by atoms with van der Waals surface area (Å²) in [5.74, 6) is -2.28. The predicted molar refractivity (Wildman–Crippen MR) is 28.1 cm³/mol. The van der Waals surface area contributed by atoms with Crippen molar-refractivity contribution in [2.75, 3.05) is 0 Å². The van der Waals surface area contributed by atoms with Crippen LogP contribution < -0.4 is 0 Å². The molecule has 2 amide bonds. The minimum atomic E-state index is -5.03. The first kappa shape index (κ1) is 8.72. The van der Waals surface area contributed by atoms with E-state index >= 15 is 0 Å². The Balaban J connectivity index is 2.66. The number of rotatable bonds is 1. The van der Waals surface area contributed by atoms with Crippen LogP contribution in [0.5, 0.6) is 0 Å². The molecule has 1 rings (SSSR count). The molecule has 0 saturated heterocycles. The second-order valence-corrected chi connectivity index (χ2v) is 1.84. The van der Waals surface area contributed by atoms with E-state index in [2.05, 4.69) is 4.84 Å². The van der Waals surface area contributed by atoms with Gasteiger partial charge in [0.2, 0.25) is 0 Å². The smallest absolute Gasteiger partial charge is 0.267 e. The van der Waals surface area contributed by atoms with Gasteiger partial charge in [-0.15, -0.1) is 18.2 Å². The highest BCUT2D eigenvalue weighted by molar-refractivity contribution is 6.11. The molecule has 0 unspecified atom stereocenters. The van der Waals surface area contributed by atoms with Gasteiger partial charge in [0.05, 0.1) is 0 Å². The maximum absolute atomic E-state index is 11.5. The van der Waals surface area contributed by atoms with Crippen molar-refractivity contribution in [2.45, 2.75) is 6.36 Å². The van der Waals surface area contributed by atoms with Crippen molar-refractivity contribution < 1.29 is 27.6 Å². The highest BCUT2D eigenvalue weighted by Gasteiger charge is 2.39. The number of nitrogens with zero attached hydrogens (tertiary/aromatic N) is 1. The van der Waals surface area contributed by atoms with Crippen molar-refractivity contribution in [3.8, 4) is 0 Å². The average molecular weight is 181 g/mol. The first-order chi connectivity index (χ1) is 5.40. The summed E-state index contributed by atoms with van der Waals surface area (Å²) in [6.07, 6.45) is -3.65. The van der Waals surface area contributed by atoms with Crippen LogP contribution in [-0.2, 0) is 14.4 Å². The third kappa shape index (κ3) is 1.82. The van der Waals surface area contributed by atoms with Gasteiger partial charge in [-0.3, -0.25) is 9.59 Å². The van der Waals surface area contributed by atoms with E-state index in [-0.39, 0.29) is 5.06 Å². The molecule has 0 aromatic rings. The van der Waals surface area contributed by atoms with Crippen LogP contribution in [0.4, 0.5) is 13.2 Å². The molecule has 0 aromatic carbocycles. The van der Waals surface area contributed by atoms with E-state index < -0.39 is 18.2 Å². The summed E-state index contributed by atoms with van der Waals surface area (Å²) in [6, 6.07) is 0. The van der Waals surface area contributed by atoms with Gasteiger partial charge in [-0.25, -0.2) is 0 Å². The SMILES string of the molecule is O=C1C=CC(=O)N1OC(F)(F)F. The lowest BCUT2D eigenvalue weighted by Gasteiger charge is -2.14. The Kier molecular flexibility index (Phi) is 1.89. The fraction of sp³-hybridized carbons (Fsp3) is 0.200. The highest BCUT2D eigenvalue weighted by atomic mass is 19.4. The standard InChI is InChI=1S/C5H2F3NO3/c6-5(7,8)12-9-3(10)1-2-4(9)11/h1-2H. The van der Waals surface area contributed by atoms with E-state index in [9.17, 15) is 22.8 Å². The van der Waals surface area contributed by atoms with Crippen LogP contribution in [0.15, 0.2) is 12.2 Å². The van der Waals surface area contributed by atoms with Crippen molar-refractivity contribution in [3.63, 3.8) is 0 Å². The Labute approximate surface area is 64.2 Å². The van der Waals surface area contributed by atoms with Gasteiger partial charge in [0.15, 0.2) is 0 Å². The number of alkyl halides is 3. The van der Waals surface area contributed by atoms with E-state index in [0.717, 1.165) is 0 Å². The quantitative estimate of drug-likeness (QED) is 0.549. The van der Waals surface area contributed by atoms with Gasteiger partial charge >= 0.3 is 6.36 Å². The van der Waals surface area contributed by atoms with Gasteiger partial charge in [0.1, 0.15) is 0 Å². The summed E-state index contributed by atoms with van der Waals surface area (Å²) in [5.41, 5.74) is 0. The summed E-state index contributed by atoms with van der Waals surface area (Å²) in [4.78, 5) is 24.0. The lowest BCUT2D eigenvalue weighted by atomic mass is 10.6. The zero-order valence-electron chi connectivity index (χ0n) is 5.46. The summed E-state index contributed by atoms with van der Waals surface area (Å²) < 4.78 is 34.4. The van der Waals surface area contributed by atoms with Crippen LogP contribution in [0.25, 0.3) is 0 Å². The molecular formula is C5H2F3NO3. The van der Waals surface area contributed by atoms with Crippen molar-refractivity contribution in [1.82, 2.24) is 5.06 Å². The number of hydrogen-bond donors (Lipinski definition) is 0. The van der Waals surface area contributed by atoms with Crippen molar-refractivity contribution in [1.29, 1.82) is 0 Å². The van der Waals surface area contributed by atoms with Crippen molar-refractivity contribution >= 4 is 11.8 Å². The van der Waals surface area contributed by atoms with E-state index in [1.54, 1.807) is 0 Å². The van der Waals surface area contributed by atoms with Gasteiger partial charge < -0.3 is 0 Å². The highest BCUT2D eigenvalue weighted by Crippen LogP contribution is 2.20. The molecule has 1 aliphatic heterocycles. The molecule has 0 aromatic heterocycles. The lowest BCUT2D eigenvalue weighted by molar-refractivity contribution is -0.389. The molecule has 0 spiro atoms. The predicted octanol–water partition coefficient (Wildman–Crippen LogP) is 0.363. The number of imide groups is 1. The van der Waals surface area contributed by atoms with E-state index in [1.165, 1.54) is 0 Å². The third-order valence-corrected chi connectivity index (χ3v) is 0.964. The zero-order chi connectivity index (χ0) is 9.35. The lowest BCUT2D eigenvalue weighted by Crippen LogP contribution is -2.35. The second kappa shape index (κ2) is 2.59. The Morgan fingerprint density at radius 1 is 1.17 bits per heavy atom. The normalized spacial score (nSPS) is 17.8. The molecule has 7 heteroatoms. The first-order valence-electron chi connectivity index (χ1n) is 2.72. The molecule has 66 valence electrons. The van der Waals surface area contributed by atoms with Crippen LogP contribution in [0.3, 0.4) is 0 Å². The molecule has 0 saturated carbocycles. The van der Waals surface area contributed by atoms with Gasteiger partial charge in [-0.1, -0.05) is 0 Å². The number of hydroxylamine groups is 2. The van der Waals surface area contributed by atoms with E-state index in [4.69, 9.17) is 0 Å². The van der Waals surface area contributed by atoms with Crippen LogP contribution in [0.1, 0.15) is 0 Å². The Bertz CT molecular complexity index is 239. The fourth-order valence-electron chi connectivity index (χ4n) is 0.580. The van der Waals surface area contributed by atoms with Crippen LogP contribution in [0.2, 0.25) is 0 Å². The molecule has 1 heterocycles. The van der Waals surface area contributed by atoms with Gasteiger partial charge in [-0.05, 0) is 0 Å². The van der Waals surface area contributed by atoms with Crippen molar-refractivity contribution in [3.05, 3.63) is 12.2 Å². The number of amides is 2. The molecule has 0 atom stereocenters. The molecule has 1 aliphatic rings. The molecule has 0 fully saturated rings. The molecule has 0 radical (unpaired) electrons. The molecule has 0 N–H and O–H groups in total. The Hall–Kier alpha value is -1.37. The Morgan fingerprint density at radius 3 is 1.92 bits per heavy atom. The van der Waals surface area contributed by atoms with Gasteiger partial charge in [0.25, 0.3) is 11.8 Å². The molecular weight excluding hydrogens is 179 g/mol. The number of hydrogen-bond acceptors (Lipinski definition) is 3. The zero-order valence-corrected chi connectivity index (χ0v) is 5.46. The topological polar surface area (TPSA) is 46.6 Å². The van der Waals surface area contributed by atoms with Crippen LogP contribution in [0, 0.1) is 0 Å². The van der Waals surface area contributed by atoms with Crippen LogP contribution in [-0.4, -0.2) is 23.2 Å². The molecule has 0 aliphatic carbocycles. The molecule has 12 heavy (non-hydrogen) atoms. The minimum Gasteiger partial charge on any atom is -0.267 e. The summed E-state index contributed by atoms with van der Waals surface area (Å²) >= 11 is 0. The minimum absolute atomic E-state index is 0.361. The van der Waals surface area contributed by atoms with Crippen LogP contribution >= 0.6 is 0 Å². The summed E-state index contributed by atoms with van der Waals surface area (Å²) in [7, 11) is 0. The van der Waals surface area contributed by atoms with E-state index in [1.807, 2.05) is 0 Å². The average Bonchev–Trinajstić information content (AvgIpc) is 2.16. The fourth-order valence-corrected chi connectivity index (χ4v) is 0.580. The monoisotopic (exact) mass is 181 g/mol. The van der Waals surface area contributed by atoms with Gasteiger partial charge in [0, 0.05) is 12.2 Å². The number of carbonyl (C=O) groups excluding carboxylic acids is 2. The number of halogens is 3. The maximum Gasteiger partial charge on any atom is 0.544 e. The van der Waals surface area contributed by atoms with E-state index in [0.29, 0.717) is 12.2 Å².